The molecule has 0 aromatic heterocycles. The Morgan fingerprint density at radius 3 is 2.17 bits per heavy atom. The van der Waals surface area contributed by atoms with Crippen LogP contribution in [0.4, 0.5) is 8.78 Å². The Morgan fingerprint density at radius 2 is 1.78 bits per heavy atom. The largest absolute Gasteiger partial charge is 0.390 e. The summed E-state index contributed by atoms with van der Waals surface area (Å²) in [6, 6.07) is 2.69. The van der Waals surface area contributed by atoms with Crippen molar-refractivity contribution >= 4 is 9.84 Å². The molecule has 1 heterocycles. The highest BCUT2D eigenvalue weighted by Crippen LogP contribution is 2.31. The first-order valence-corrected chi connectivity index (χ1v) is 7.30. The Labute approximate surface area is 104 Å². The summed E-state index contributed by atoms with van der Waals surface area (Å²) >= 11 is 0. The molecule has 0 saturated carbocycles. The van der Waals surface area contributed by atoms with Crippen LogP contribution in [0.3, 0.4) is 0 Å². The maximum Gasteiger partial charge on any atom is 0.167 e. The van der Waals surface area contributed by atoms with Gasteiger partial charge in [-0.15, -0.1) is 0 Å². The van der Waals surface area contributed by atoms with Crippen molar-refractivity contribution in [1.29, 1.82) is 0 Å². The summed E-state index contributed by atoms with van der Waals surface area (Å²) in [5, 5.41) is 8.09. The van der Waals surface area contributed by atoms with Gasteiger partial charge in [-0.2, -0.15) is 0 Å². The number of hydrogen-bond acceptors (Lipinski definition) is 4. The lowest BCUT2D eigenvalue weighted by atomic mass is 10.1. The minimum absolute atomic E-state index is 0.0434. The second-order valence-corrected chi connectivity index (χ2v) is 6.60. The number of aliphatic hydroxyl groups is 1. The summed E-state index contributed by atoms with van der Waals surface area (Å²) in [6.45, 7) is 0.353. The molecule has 18 heavy (non-hydrogen) atoms. The van der Waals surface area contributed by atoms with Crippen LogP contribution in [0.1, 0.15) is 10.9 Å². The standard InChI is InChI=1S/C11H13F2NO3S/c1-18(16,17)11(14-5-10(15)6-14)7-2-8(12)4-9(13)3-7/h2-4,10-11,15H,5-6H2,1H3/t11-/m0/s1. The first kappa shape index (κ1) is 13.4. The Balaban J connectivity index is 2.40. The first-order valence-electron chi connectivity index (χ1n) is 5.34. The molecule has 0 unspecified atom stereocenters. The summed E-state index contributed by atoms with van der Waals surface area (Å²) in [4.78, 5) is 1.47. The van der Waals surface area contributed by atoms with E-state index < -0.39 is 32.9 Å². The van der Waals surface area contributed by atoms with E-state index in [1.807, 2.05) is 0 Å². The molecule has 100 valence electrons. The summed E-state index contributed by atoms with van der Waals surface area (Å²) in [6.07, 6.45) is 0.415. The van der Waals surface area contributed by atoms with Crippen molar-refractivity contribution in [3.05, 3.63) is 35.4 Å². The lowest BCUT2D eigenvalue weighted by Crippen LogP contribution is -2.53. The Kier molecular flexibility index (Phi) is 3.39. The summed E-state index contributed by atoms with van der Waals surface area (Å²) in [5.41, 5.74) is 0.0434. The molecule has 0 bridgehead atoms. The van der Waals surface area contributed by atoms with Crippen LogP contribution in [0.5, 0.6) is 0 Å². The van der Waals surface area contributed by atoms with Crippen molar-refractivity contribution in [3.63, 3.8) is 0 Å². The molecule has 1 fully saturated rings. The molecule has 1 N–H and O–H groups in total. The molecule has 2 rings (SSSR count). The van der Waals surface area contributed by atoms with Crippen LogP contribution < -0.4 is 0 Å². The van der Waals surface area contributed by atoms with E-state index in [1.165, 1.54) is 4.90 Å². The van der Waals surface area contributed by atoms with E-state index in [9.17, 15) is 22.3 Å². The number of sulfone groups is 1. The average Bonchev–Trinajstić information content (AvgIpc) is 2.11. The van der Waals surface area contributed by atoms with Gasteiger partial charge in [0.1, 0.15) is 17.0 Å². The minimum Gasteiger partial charge on any atom is -0.390 e. The Bertz CT molecular complexity index is 535. The molecule has 1 aromatic carbocycles. The SMILES string of the molecule is CS(=O)(=O)[C@@H](c1cc(F)cc(F)c1)N1CC(O)C1. The summed E-state index contributed by atoms with van der Waals surface area (Å²) in [7, 11) is -3.55. The minimum atomic E-state index is -3.55. The molecular formula is C11H13F2NO3S. The zero-order chi connectivity index (χ0) is 13.5. The maximum absolute atomic E-state index is 13.1. The van der Waals surface area contributed by atoms with Crippen molar-refractivity contribution < 1.29 is 22.3 Å². The van der Waals surface area contributed by atoms with Crippen molar-refractivity contribution in [2.45, 2.75) is 11.5 Å². The first-order chi connectivity index (χ1) is 8.27. The number of nitrogens with zero attached hydrogens (tertiary/aromatic N) is 1. The van der Waals surface area contributed by atoms with Crippen LogP contribution in [-0.2, 0) is 9.84 Å². The van der Waals surface area contributed by atoms with Gasteiger partial charge in [-0.25, -0.2) is 17.2 Å². The van der Waals surface area contributed by atoms with Crippen LogP contribution in [0, 0.1) is 11.6 Å². The molecule has 1 atom stereocenters. The fourth-order valence-electron chi connectivity index (χ4n) is 2.13. The molecule has 4 nitrogen and oxygen atoms in total. The number of β-amino-alcohol motifs (C(OH)–C–C–N with tert-alkyl or cyclic N) is 1. The second kappa shape index (κ2) is 4.56. The molecule has 0 spiro atoms. The van der Waals surface area contributed by atoms with Crippen LogP contribution in [0.15, 0.2) is 18.2 Å². The summed E-state index contributed by atoms with van der Waals surface area (Å²) in [5.74, 6) is -1.64. The molecule has 1 saturated heterocycles. The van der Waals surface area contributed by atoms with Crippen LogP contribution >= 0.6 is 0 Å². The number of hydrogen-bond donors (Lipinski definition) is 1. The molecule has 1 aliphatic rings. The smallest absolute Gasteiger partial charge is 0.167 e. The highest BCUT2D eigenvalue weighted by Gasteiger charge is 2.37. The van der Waals surface area contributed by atoms with Crippen molar-refractivity contribution in [2.75, 3.05) is 19.3 Å². The van der Waals surface area contributed by atoms with E-state index in [4.69, 9.17) is 0 Å². The zero-order valence-corrected chi connectivity index (χ0v) is 10.5. The van der Waals surface area contributed by atoms with Gasteiger partial charge in [-0.3, -0.25) is 4.90 Å². The van der Waals surface area contributed by atoms with Gasteiger partial charge in [0, 0.05) is 25.4 Å². The van der Waals surface area contributed by atoms with E-state index >= 15 is 0 Å². The van der Waals surface area contributed by atoms with Gasteiger partial charge in [0.2, 0.25) is 0 Å². The quantitative estimate of drug-likeness (QED) is 0.883. The highest BCUT2D eigenvalue weighted by atomic mass is 32.2. The molecule has 0 radical (unpaired) electrons. The number of rotatable bonds is 3. The fraction of sp³-hybridized carbons (Fsp3) is 0.455. The number of halogens is 2. The van der Waals surface area contributed by atoms with E-state index in [2.05, 4.69) is 0 Å². The monoisotopic (exact) mass is 277 g/mol. The normalized spacial score (nSPS) is 19.6. The topological polar surface area (TPSA) is 57.6 Å². The van der Waals surface area contributed by atoms with Gasteiger partial charge in [0.05, 0.1) is 6.10 Å². The third kappa shape index (κ3) is 2.68. The van der Waals surface area contributed by atoms with E-state index in [1.54, 1.807) is 0 Å². The number of likely N-dealkylation sites (tertiary alicyclic amines) is 1. The zero-order valence-electron chi connectivity index (χ0n) is 9.68. The lowest BCUT2D eigenvalue weighted by molar-refractivity contribution is -0.00711. The van der Waals surface area contributed by atoms with Gasteiger partial charge in [0.25, 0.3) is 0 Å². The lowest BCUT2D eigenvalue weighted by Gasteiger charge is -2.40. The van der Waals surface area contributed by atoms with E-state index in [-0.39, 0.29) is 18.7 Å². The van der Waals surface area contributed by atoms with Crippen molar-refractivity contribution in [2.24, 2.45) is 0 Å². The molecule has 1 aliphatic heterocycles. The maximum atomic E-state index is 13.1. The van der Waals surface area contributed by atoms with Gasteiger partial charge in [0.15, 0.2) is 9.84 Å². The molecular weight excluding hydrogens is 264 g/mol. The van der Waals surface area contributed by atoms with E-state index in [0.717, 1.165) is 18.4 Å². The predicted octanol–water partition coefficient (Wildman–Crippen LogP) is 0.685. The Hall–Kier alpha value is -1.05. The van der Waals surface area contributed by atoms with Gasteiger partial charge in [-0.05, 0) is 17.7 Å². The van der Waals surface area contributed by atoms with Gasteiger partial charge in [-0.1, -0.05) is 0 Å². The van der Waals surface area contributed by atoms with Crippen LogP contribution in [-0.4, -0.2) is 43.9 Å². The molecule has 1 aromatic rings. The molecule has 0 aliphatic carbocycles. The Morgan fingerprint density at radius 1 is 1.28 bits per heavy atom. The van der Waals surface area contributed by atoms with Crippen molar-refractivity contribution in [1.82, 2.24) is 4.90 Å². The third-order valence-electron chi connectivity index (χ3n) is 2.80. The van der Waals surface area contributed by atoms with Gasteiger partial charge >= 0.3 is 0 Å². The average molecular weight is 277 g/mol. The van der Waals surface area contributed by atoms with Crippen LogP contribution in [0.25, 0.3) is 0 Å². The molecule has 0 amide bonds. The fourth-order valence-corrected chi connectivity index (χ4v) is 3.47. The molecule has 7 heteroatoms. The summed E-state index contributed by atoms with van der Waals surface area (Å²) < 4.78 is 49.7. The number of benzene rings is 1. The van der Waals surface area contributed by atoms with E-state index in [0.29, 0.717) is 6.07 Å². The third-order valence-corrected chi connectivity index (χ3v) is 4.18. The van der Waals surface area contributed by atoms with Crippen LogP contribution in [0.2, 0.25) is 0 Å². The number of aliphatic hydroxyl groups excluding tert-OH is 1. The highest BCUT2D eigenvalue weighted by molar-refractivity contribution is 7.90. The predicted molar refractivity (Wildman–Crippen MR) is 61.5 cm³/mol. The second-order valence-electron chi connectivity index (χ2n) is 4.49. The van der Waals surface area contributed by atoms with Gasteiger partial charge < -0.3 is 5.11 Å². The van der Waals surface area contributed by atoms with Crippen molar-refractivity contribution in [3.8, 4) is 0 Å².